The van der Waals surface area contributed by atoms with Gasteiger partial charge >= 0.3 is 0 Å². The third kappa shape index (κ3) is 3.93. The van der Waals surface area contributed by atoms with E-state index in [2.05, 4.69) is 5.32 Å². The number of nitro benzene ring substituents is 1. The van der Waals surface area contributed by atoms with Crippen LogP contribution < -0.4 is 5.32 Å². The summed E-state index contributed by atoms with van der Waals surface area (Å²) < 4.78 is 5.95. The molecule has 0 amide bonds. The Bertz CT molecular complexity index is 454. The van der Waals surface area contributed by atoms with Crippen LogP contribution in [0.1, 0.15) is 44.1 Å². The highest BCUT2D eigenvalue weighted by Crippen LogP contribution is 2.26. The van der Waals surface area contributed by atoms with E-state index in [0.717, 1.165) is 18.4 Å². The van der Waals surface area contributed by atoms with Gasteiger partial charge in [0.15, 0.2) is 0 Å². The molecule has 0 atom stereocenters. The molecule has 1 aliphatic rings. The molecule has 1 saturated carbocycles. The number of anilines is 1. The molecule has 0 heterocycles. The first kappa shape index (κ1) is 14.8. The van der Waals surface area contributed by atoms with E-state index in [-0.39, 0.29) is 10.6 Å². The van der Waals surface area contributed by atoms with Gasteiger partial charge in [0.1, 0.15) is 5.69 Å². The number of nitrogens with zero attached hydrogens (tertiary/aromatic N) is 1. The fraction of sp³-hybridized carbons (Fsp3) is 0.600. The van der Waals surface area contributed by atoms with Crippen LogP contribution in [0.15, 0.2) is 18.2 Å². The van der Waals surface area contributed by atoms with Gasteiger partial charge < -0.3 is 10.1 Å². The highest BCUT2D eigenvalue weighted by molar-refractivity contribution is 5.62. The van der Waals surface area contributed by atoms with Crippen molar-refractivity contribution in [2.45, 2.75) is 51.2 Å². The lowest BCUT2D eigenvalue weighted by molar-refractivity contribution is -0.384. The van der Waals surface area contributed by atoms with Gasteiger partial charge in [-0.05, 0) is 30.5 Å². The van der Waals surface area contributed by atoms with Crippen LogP contribution in [-0.4, -0.2) is 18.1 Å². The zero-order valence-electron chi connectivity index (χ0n) is 11.9. The lowest BCUT2D eigenvalue weighted by atomic mass is 10.1. The van der Waals surface area contributed by atoms with Gasteiger partial charge in [0.25, 0.3) is 5.69 Å². The Kier molecular flexibility index (Phi) is 5.35. The smallest absolute Gasteiger partial charge is 0.292 e. The predicted octanol–water partition coefficient (Wildman–Crippen LogP) is 3.88. The van der Waals surface area contributed by atoms with Crippen LogP contribution in [0.2, 0.25) is 0 Å². The Morgan fingerprint density at radius 1 is 1.30 bits per heavy atom. The Balaban J connectivity index is 1.97. The molecule has 110 valence electrons. The van der Waals surface area contributed by atoms with Crippen molar-refractivity contribution < 1.29 is 9.66 Å². The van der Waals surface area contributed by atoms with E-state index in [1.807, 2.05) is 0 Å². The summed E-state index contributed by atoms with van der Waals surface area (Å²) in [5.74, 6) is 0. The number of nitrogens with one attached hydrogen (secondary N) is 1. The quantitative estimate of drug-likeness (QED) is 0.504. The number of rotatable bonds is 5. The summed E-state index contributed by atoms with van der Waals surface area (Å²) in [5, 5.41) is 13.7. The fourth-order valence-electron chi connectivity index (χ4n) is 2.66. The summed E-state index contributed by atoms with van der Waals surface area (Å²) in [7, 11) is 1.69. The van der Waals surface area contributed by atoms with Crippen LogP contribution in [-0.2, 0) is 11.3 Å². The second-order valence-corrected chi connectivity index (χ2v) is 5.28. The molecule has 5 nitrogen and oxygen atoms in total. The lowest BCUT2D eigenvalue weighted by Crippen LogP contribution is -2.11. The largest absolute Gasteiger partial charge is 0.383 e. The highest BCUT2D eigenvalue weighted by atomic mass is 16.6. The Morgan fingerprint density at radius 2 is 2.00 bits per heavy atom. The summed E-state index contributed by atoms with van der Waals surface area (Å²) >= 11 is 0. The Hall–Kier alpha value is -1.62. The number of benzene rings is 1. The summed E-state index contributed by atoms with van der Waals surface area (Å²) in [5.41, 5.74) is 1.62. The first-order valence-corrected chi connectivity index (χ1v) is 7.27. The van der Waals surface area contributed by atoms with Crippen molar-refractivity contribution in [2.75, 3.05) is 12.4 Å². The van der Waals surface area contributed by atoms with Crippen molar-refractivity contribution in [2.24, 2.45) is 0 Å². The Morgan fingerprint density at radius 3 is 2.60 bits per heavy atom. The van der Waals surface area contributed by atoms with E-state index in [1.165, 1.54) is 31.7 Å². The van der Waals surface area contributed by atoms with Crippen LogP contribution in [0.25, 0.3) is 0 Å². The van der Waals surface area contributed by atoms with E-state index < -0.39 is 0 Å². The average Bonchev–Trinajstić information content (AvgIpc) is 2.73. The minimum absolute atomic E-state index is 0.103. The third-order valence-electron chi connectivity index (χ3n) is 3.81. The number of nitro groups is 1. The molecular formula is C15H22N2O3. The van der Waals surface area contributed by atoms with Gasteiger partial charge in [-0.1, -0.05) is 25.7 Å². The second kappa shape index (κ2) is 7.24. The van der Waals surface area contributed by atoms with Gasteiger partial charge in [0, 0.05) is 13.1 Å². The summed E-state index contributed by atoms with van der Waals surface area (Å²) in [6.07, 6.45) is 7.70. The fourth-order valence-corrected chi connectivity index (χ4v) is 2.66. The van der Waals surface area contributed by atoms with Gasteiger partial charge in [-0.2, -0.15) is 0 Å². The van der Waals surface area contributed by atoms with Crippen molar-refractivity contribution in [1.29, 1.82) is 0 Å². The molecule has 0 aliphatic heterocycles. The second-order valence-electron chi connectivity index (χ2n) is 5.28. The normalized spacial score (nSPS) is 16.6. The van der Waals surface area contributed by atoms with E-state index >= 15 is 0 Å². The molecule has 20 heavy (non-hydrogen) atoms. The molecular weight excluding hydrogens is 256 g/mol. The monoisotopic (exact) mass is 278 g/mol. The maximum atomic E-state index is 10.9. The van der Waals surface area contributed by atoms with Crippen molar-refractivity contribution in [1.82, 2.24) is 0 Å². The minimum atomic E-state index is -0.373. The van der Waals surface area contributed by atoms with Crippen LogP contribution in [0.4, 0.5) is 11.4 Å². The number of hydrogen-bond acceptors (Lipinski definition) is 4. The molecule has 0 saturated heterocycles. The first-order chi connectivity index (χ1) is 9.70. The van der Waals surface area contributed by atoms with Crippen LogP contribution in [0.5, 0.6) is 0 Å². The standard InChI is InChI=1S/C15H22N2O3/c1-16-14-10-12(8-9-15(14)17(18)19)11-20-13-6-4-2-3-5-7-13/h8-10,13,16H,2-7,11H2,1H3. The number of ether oxygens (including phenoxy) is 1. The summed E-state index contributed by atoms with van der Waals surface area (Å²) in [6, 6.07) is 5.11. The molecule has 1 aromatic carbocycles. The molecule has 5 heteroatoms. The first-order valence-electron chi connectivity index (χ1n) is 7.27. The molecule has 1 aliphatic carbocycles. The van der Waals surface area contributed by atoms with Crippen molar-refractivity contribution in [3.05, 3.63) is 33.9 Å². The topological polar surface area (TPSA) is 64.4 Å². The molecule has 0 unspecified atom stereocenters. The van der Waals surface area contributed by atoms with Crippen molar-refractivity contribution >= 4 is 11.4 Å². The molecule has 0 radical (unpaired) electrons. The van der Waals surface area contributed by atoms with Gasteiger partial charge in [-0.15, -0.1) is 0 Å². The van der Waals surface area contributed by atoms with Gasteiger partial charge in [-0.25, -0.2) is 0 Å². The van der Waals surface area contributed by atoms with E-state index in [0.29, 0.717) is 18.4 Å². The number of hydrogen-bond donors (Lipinski definition) is 1. The Labute approximate surface area is 119 Å². The van der Waals surface area contributed by atoms with E-state index in [4.69, 9.17) is 4.74 Å². The molecule has 0 bridgehead atoms. The van der Waals surface area contributed by atoms with Crippen molar-refractivity contribution in [3.63, 3.8) is 0 Å². The SMILES string of the molecule is CNc1cc(COC2CCCCCC2)ccc1[N+](=O)[O-]. The maximum Gasteiger partial charge on any atom is 0.292 e. The predicted molar refractivity (Wildman–Crippen MR) is 78.9 cm³/mol. The van der Waals surface area contributed by atoms with Gasteiger partial charge in [0.2, 0.25) is 0 Å². The molecule has 1 fully saturated rings. The average molecular weight is 278 g/mol. The molecule has 1 aromatic rings. The lowest BCUT2D eigenvalue weighted by Gasteiger charge is -2.15. The van der Waals surface area contributed by atoms with Crippen LogP contribution >= 0.6 is 0 Å². The summed E-state index contributed by atoms with van der Waals surface area (Å²) in [4.78, 5) is 10.5. The van der Waals surface area contributed by atoms with Crippen LogP contribution in [0, 0.1) is 10.1 Å². The molecule has 0 aromatic heterocycles. The van der Waals surface area contributed by atoms with Crippen LogP contribution in [0.3, 0.4) is 0 Å². The van der Waals surface area contributed by atoms with Crippen molar-refractivity contribution in [3.8, 4) is 0 Å². The molecule has 2 rings (SSSR count). The highest BCUT2D eigenvalue weighted by Gasteiger charge is 2.15. The van der Waals surface area contributed by atoms with Gasteiger partial charge in [0.05, 0.1) is 17.6 Å². The zero-order valence-corrected chi connectivity index (χ0v) is 11.9. The molecule has 1 N–H and O–H groups in total. The van der Waals surface area contributed by atoms with E-state index in [1.54, 1.807) is 19.2 Å². The van der Waals surface area contributed by atoms with E-state index in [9.17, 15) is 10.1 Å². The molecule has 0 spiro atoms. The summed E-state index contributed by atoms with van der Waals surface area (Å²) in [6.45, 7) is 0.525. The third-order valence-corrected chi connectivity index (χ3v) is 3.81. The van der Waals surface area contributed by atoms with Gasteiger partial charge in [-0.3, -0.25) is 10.1 Å². The maximum absolute atomic E-state index is 10.9. The minimum Gasteiger partial charge on any atom is -0.383 e. The zero-order chi connectivity index (χ0) is 14.4.